The molecule has 0 aromatic heterocycles. The van der Waals surface area contributed by atoms with Crippen molar-refractivity contribution < 1.29 is 9.59 Å². The van der Waals surface area contributed by atoms with Gasteiger partial charge in [-0.2, -0.15) is 0 Å². The Morgan fingerprint density at radius 3 is 2.03 bits per heavy atom. The molecule has 0 unspecified atom stereocenters. The summed E-state index contributed by atoms with van der Waals surface area (Å²) in [6, 6.07) is 16.1. The van der Waals surface area contributed by atoms with Crippen molar-refractivity contribution >= 4 is 23.6 Å². The zero-order chi connectivity index (χ0) is 21.9. The maximum atomic E-state index is 13.2. The van der Waals surface area contributed by atoms with Gasteiger partial charge in [0.1, 0.15) is 6.04 Å². The van der Waals surface area contributed by atoms with E-state index in [1.165, 1.54) is 16.7 Å². The van der Waals surface area contributed by atoms with E-state index in [1.54, 1.807) is 16.7 Å². The largest absolute Gasteiger partial charge is 0.354 e. The number of benzene rings is 2. The van der Waals surface area contributed by atoms with Gasteiger partial charge >= 0.3 is 0 Å². The Kier molecular flexibility index (Phi) is 9.95. The van der Waals surface area contributed by atoms with Gasteiger partial charge in [-0.15, -0.1) is 11.8 Å². The first-order chi connectivity index (χ1) is 14.4. The quantitative estimate of drug-likeness (QED) is 0.558. The minimum atomic E-state index is -0.453. The Morgan fingerprint density at radius 1 is 0.933 bits per heavy atom. The molecule has 0 saturated carbocycles. The Balaban J connectivity index is 2.09. The second kappa shape index (κ2) is 12.4. The van der Waals surface area contributed by atoms with E-state index in [2.05, 4.69) is 36.5 Å². The molecular weight excluding hydrogens is 392 g/mol. The lowest BCUT2D eigenvalue weighted by Gasteiger charge is -2.30. The molecule has 0 saturated heterocycles. The van der Waals surface area contributed by atoms with Gasteiger partial charge in [0, 0.05) is 18.8 Å². The van der Waals surface area contributed by atoms with E-state index in [4.69, 9.17) is 0 Å². The fraction of sp³-hybridized carbons (Fsp3) is 0.440. The average molecular weight is 427 g/mol. The Labute approximate surface area is 185 Å². The minimum Gasteiger partial charge on any atom is -0.354 e. The summed E-state index contributed by atoms with van der Waals surface area (Å²) in [4.78, 5) is 27.6. The van der Waals surface area contributed by atoms with Gasteiger partial charge < -0.3 is 10.2 Å². The number of nitrogens with zero attached hydrogens (tertiary/aromatic N) is 1. The van der Waals surface area contributed by atoms with Crippen molar-refractivity contribution in [3.63, 3.8) is 0 Å². The van der Waals surface area contributed by atoms with Gasteiger partial charge in [-0.1, -0.05) is 73.5 Å². The third kappa shape index (κ3) is 7.52. The first kappa shape index (κ1) is 24.0. The van der Waals surface area contributed by atoms with E-state index >= 15 is 0 Å². The lowest BCUT2D eigenvalue weighted by molar-refractivity contribution is -0.139. The van der Waals surface area contributed by atoms with Crippen LogP contribution in [-0.4, -0.2) is 35.1 Å². The second-order valence-corrected chi connectivity index (χ2v) is 8.69. The molecule has 30 heavy (non-hydrogen) atoms. The Bertz CT molecular complexity index is 803. The van der Waals surface area contributed by atoms with Crippen LogP contribution in [0, 0.1) is 13.8 Å². The summed E-state index contributed by atoms with van der Waals surface area (Å²) in [6.07, 6.45) is 1.47. The van der Waals surface area contributed by atoms with Gasteiger partial charge in [-0.25, -0.2) is 0 Å². The van der Waals surface area contributed by atoms with Crippen molar-refractivity contribution in [1.29, 1.82) is 0 Å². The molecule has 2 aromatic rings. The molecule has 2 amide bonds. The van der Waals surface area contributed by atoms with Crippen LogP contribution in [0.3, 0.4) is 0 Å². The second-order valence-electron chi connectivity index (χ2n) is 7.70. The maximum absolute atomic E-state index is 13.2. The molecule has 4 nitrogen and oxygen atoms in total. The van der Waals surface area contributed by atoms with E-state index in [9.17, 15) is 9.59 Å². The van der Waals surface area contributed by atoms with E-state index in [1.807, 2.05) is 45.0 Å². The number of aryl methyl sites for hydroxylation is 2. The summed E-state index contributed by atoms with van der Waals surface area (Å²) < 4.78 is 0. The molecule has 0 aliphatic carbocycles. The Morgan fingerprint density at radius 2 is 1.50 bits per heavy atom. The summed E-state index contributed by atoms with van der Waals surface area (Å²) in [5, 5.41) is 2.96. The van der Waals surface area contributed by atoms with Gasteiger partial charge in [-0.3, -0.25) is 9.59 Å². The van der Waals surface area contributed by atoms with Crippen molar-refractivity contribution in [2.45, 2.75) is 58.9 Å². The molecule has 0 fully saturated rings. The molecule has 0 aliphatic heterocycles. The molecule has 2 rings (SSSR count). The van der Waals surface area contributed by atoms with Crippen LogP contribution in [-0.2, 0) is 21.9 Å². The minimum absolute atomic E-state index is 0.00573. The van der Waals surface area contributed by atoms with E-state index < -0.39 is 6.04 Å². The van der Waals surface area contributed by atoms with Crippen LogP contribution in [0.2, 0.25) is 0 Å². The van der Waals surface area contributed by atoms with Crippen molar-refractivity contribution in [1.82, 2.24) is 10.2 Å². The summed E-state index contributed by atoms with van der Waals surface area (Å²) in [7, 11) is 0. The summed E-state index contributed by atoms with van der Waals surface area (Å²) in [5.41, 5.74) is 4.65. The van der Waals surface area contributed by atoms with Crippen molar-refractivity contribution in [3.8, 4) is 0 Å². The van der Waals surface area contributed by atoms with Gasteiger partial charge in [0.05, 0.1) is 5.75 Å². The first-order valence-corrected chi connectivity index (χ1v) is 11.9. The molecular formula is C25H34N2O2S. The summed E-state index contributed by atoms with van der Waals surface area (Å²) in [6.45, 7) is 9.18. The predicted molar refractivity (Wildman–Crippen MR) is 126 cm³/mol. The van der Waals surface area contributed by atoms with Crippen LogP contribution < -0.4 is 5.32 Å². The lowest BCUT2D eigenvalue weighted by atomic mass is 10.1. The van der Waals surface area contributed by atoms with Gasteiger partial charge in [0.15, 0.2) is 0 Å². The smallest absolute Gasteiger partial charge is 0.242 e. The molecule has 0 spiro atoms. The number of hydrogen-bond acceptors (Lipinski definition) is 3. The number of carbonyl (C=O) groups excluding carboxylic acids is 2. The molecule has 2 aromatic carbocycles. The maximum Gasteiger partial charge on any atom is 0.242 e. The van der Waals surface area contributed by atoms with Crippen LogP contribution in [0.1, 0.15) is 48.9 Å². The molecule has 5 heteroatoms. The summed E-state index contributed by atoms with van der Waals surface area (Å²) >= 11 is 1.60. The molecule has 1 N–H and O–H groups in total. The number of nitrogens with one attached hydrogen (secondary N) is 1. The number of hydrogen-bond donors (Lipinski definition) is 1. The fourth-order valence-corrected chi connectivity index (χ4v) is 4.07. The molecule has 0 heterocycles. The van der Waals surface area contributed by atoms with Crippen LogP contribution in [0.15, 0.2) is 48.5 Å². The molecule has 0 bridgehead atoms. The van der Waals surface area contributed by atoms with Crippen LogP contribution in [0.25, 0.3) is 0 Å². The molecule has 0 aliphatic rings. The molecule has 0 radical (unpaired) electrons. The average Bonchev–Trinajstić information content (AvgIpc) is 2.74. The summed E-state index contributed by atoms with van der Waals surface area (Å²) in [5.74, 6) is 1.08. The normalized spacial score (nSPS) is 11.7. The van der Waals surface area contributed by atoms with Crippen LogP contribution in [0.4, 0.5) is 0 Å². The zero-order valence-electron chi connectivity index (χ0n) is 18.6. The SMILES string of the molecule is CCCNC(=O)[C@H](CC)N(Cc1ccc(C)cc1)C(=O)CSCc1ccc(C)cc1. The molecule has 162 valence electrons. The van der Waals surface area contributed by atoms with Crippen LogP contribution >= 0.6 is 11.8 Å². The number of rotatable bonds is 11. The van der Waals surface area contributed by atoms with Crippen molar-refractivity contribution in [3.05, 3.63) is 70.8 Å². The third-order valence-corrected chi connectivity index (χ3v) is 6.01. The van der Waals surface area contributed by atoms with E-state index in [0.717, 1.165) is 17.7 Å². The first-order valence-electron chi connectivity index (χ1n) is 10.7. The topological polar surface area (TPSA) is 49.4 Å². The standard InChI is InChI=1S/C25H34N2O2S/c1-5-15-26-25(29)23(6-2)27(16-21-11-7-19(3)8-12-21)24(28)18-30-17-22-13-9-20(4)10-14-22/h7-14,23H,5-6,15-18H2,1-4H3,(H,26,29)/t23-/m0/s1. The highest BCUT2D eigenvalue weighted by Crippen LogP contribution is 2.18. The van der Waals surface area contributed by atoms with Crippen molar-refractivity contribution in [2.75, 3.05) is 12.3 Å². The number of carbonyl (C=O) groups is 2. The highest BCUT2D eigenvalue weighted by atomic mass is 32.2. The number of thioether (sulfide) groups is 1. The predicted octanol–water partition coefficient (Wildman–Crippen LogP) is 4.87. The Hall–Kier alpha value is -2.27. The lowest BCUT2D eigenvalue weighted by Crippen LogP contribution is -2.49. The monoisotopic (exact) mass is 426 g/mol. The van der Waals surface area contributed by atoms with Crippen LogP contribution in [0.5, 0.6) is 0 Å². The highest BCUT2D eigenvalue weighted by molar-refractivity contribution is 7.99. The molecule has 1 atom stereocenters. The van der Waals surface area contributed by atoms with E-state index in [0.29, 0.717) is 25.3 Å². The van der Waals surface area contributed by atoms with E-state index in [-0.39, 0.29) is 11.8 Å². The van der Waals surface area contributed by atoms with Gasteiger partial charge in [0.25, 0.3) is 0 Å². The zero-order valence-corrected chi connectivity index (χ0v) is 19.4. The van der Waals surface area contributed by atoms with Gasteiger partial charge in [-0.05, 0) is 37.8 Å². The fourth-order valence-electron chi connectivity index (χ4n) is 3.20. The van der Waals surface area contributed by atoms with Gasteiger partial charge in [0.2, 0.25) is 11.8 Å². The van der Waals surface area contributed by atoms with Crippen molar-refractivity contribution in [2.24, 2.45) is 0 Å². The number of amides is 2. The highest BCUT2D eigenvalue weighted by Gasteiger charge is 2.28. The third-order valence-electron chi connectivity index (χ3n) is 5.02.